The number of carbonyl (C=O) groups excluding carboxylic acids is 1. The largest absolute Gasteiger partial charge is 0.465 e. The highest BCUT2D eigenvalue weighted by Gasteiger charge is 2.27. The van der Waals surface area contributed by atoms with Gasteiger partial charge < -0.3 is 15.5 Å². The summed E-state index contributed by atoms with van der Waals surface area (Å²) in [5.74, 6) is -1.56. The molecule has 7 nitrogen and oxygen atoms in total. The van der Waals surface area contributed by atoms with E-state index in [1.165, 1.54) is 31.2 Å². The van der Waals surface area contributed by atoms with Crippen LogP contribution in [-0.2, 0) is 9.53 Å². The Morgan fingerprint density at radius 3 is 2.48 bits per heavy atom. The number of nitro benzene ring substituents is 1. The fraction of sp³-hybridized carbons (Fsp3) is 0.308. The number of carbonyl (C=O) groups is 1. The number of esters is 1. The van der Waals surface area contributed by atoms with E-state index in [9.17, 15) is 14.9 Å². The lowest BCUT2D eigenvalue weighted by Gasteiger charge is -2.17. The van der Waals surface area contributed by atoms with Crippen LogP contribution in [0.1, 0.15) is 13.8 Å². The van der Waals surface area contributed by atoms with Crippen molar-refractivity contribution in [3.05, 3.63) is 34.4 Å². The molecule has 0 fully saturated rings. The highest BCUT2D eigenvalue weighted by Crippen LogP contribution is 2.17. The van der Waals surface area contributed by atoms with Crippen LogP contribution in [0.3, 0.4) is 0 Å². The first-order chi connectivity index (χ1) is 9.86. The molecule has 0 saturated heterocycles. The second-order valence-electron chi connectivity index (χ2n) is 4.16. The molecule has 0 amide bonds. The van der Waals surface area contributed by atoms with Crippen LogP contribution in [0.25, 0.3) is 0 Å². The van der Waals surface area contributed by atoms with E-state index in [1.54, 1.807) is 6.92 Å². The molecule has 1 aromatic rings. The van der Waals surface area contributed by atoms with Gasteiger partial charge in [-0.3, -0.25) is 14.9 Å². The number of hydrogen-bond acceptors (Lipinski definition) is 6. The molecule has 112 valence electrons. The van der Waals surface area contributed by atoms with Crippen molar-refractivity contribution in [1.29, 1.82) is 5.41 Å². The zero-order valence-electron chi connectivity index (χ0n) is 11.6. The number of non-ortho nitro benzene ring substituents is 1. The minimum atomic E-state index is -0.963. The number of thiocarbonyl (C=S) groups is 1. The molecular formula is C13H15N3O4S. The molecule has 21 heavy (non-hydrogen) atoms. The average Bonchev–Trinajstić information content (AvgIpc) is 2.39. The van der Waals surface area contributed by atoms with Crippen LogP contribution < -0.4 is 5.32 Å². The summed E-state index contributed by atoms with van der Waals surface area (Å²) >= 11 is 5.12. The smallest absolute Gasteiger partial charge is 0.321 e. The number of anilines is 1. The molecule has 2 N–H and O–H groups in total. The lowest BCUT2D eigenvalue weighted by atomic mass is 10.0. The van der Waals surface area contributed by atoms with Crippen molar-refractivity contribution in [1.82, 2.24) is 0 Å². The van der Waals surface area contributed by atoms with Crippen molar-refractivity contribution >= 4 is 40.3 Å². The first-order valence-electron chi connectivity index (χ1n) is 6.13. The number of benzene rings is 1. The Labute approximate surface area is 127 Å². The fourth-order valence-electron chi connectivity index (χ4n) is 1.59. The van der Waals surface area contributed by atoms with Gasteiger partial charge in [0.15, 0.2) is 0 Å². The van der Waals surface area contributed by atoms with Crippen molar-refractivity contribution in [2.75, 3.05) is 11.9 Å². The maximum atomic E-state index is 11.8. The summed E-state index contributed by atoms with van der Waals surface area (Å²) in [4.78, 5) is 22.0. The van der Waals surface area contributed by atoms with E-state index in [1.807, 2.05) is 0 Å². The Morgan fingerprint density at radius 2 is 2.05 bits per heavy atom. The summed E-state index contributed by atoms with van der Waals surface area (Å²) in [6.45, 7) is 3.33. The van der Waals surface area contributed by atoms with Crippen LogP contribution in [0, 0.1) is 21.4 Å². The molecule has 0 bridgehead atoms. The van der Waals surface area contributed by atoms with Crippen molar-refractivity contribution < 1.29 is 14.5 Å². The topological polar surface area (TPSA) is 105 Å². The number of hydrogen-bond donors (Lipinski definition) is 2. The van der Waals surface area contributed by atoms with Crippen LogP contribution in [-0.4, -0.2) is 28.2 Å². The quantitative estimate of drug-likeness (QED) is 0.275. The normalized spacial score (nSPS) is 11.3. The monoisotopic (exact) mass is 309 g/mol. The summed E-state index contributed by atoms with van der Waals surface area (Å²) < 4.78 is 4.88. The summed E-state index contributed by atoms with van der Waals surface area (Å²) in [5.41, 5.74) is 0.519. The van der Waals surface area contributed by atoms with E-state index in [2.05, 4.69) is 5.32 Å². The van der Waals surface area contributed by atoms with Crippen molar-refractivity contribution in [3.8, 4) is 0 Å². The molecule has 0 aliphatic rings. The van der Waals surface area contributed by atoms with Crippen LogP contribution in [0.4, 0.5) is 11.4 Å². The molecule has 1 rings (SSSR count). The predicted molar refractivity (Wildman–Crippen MR) is 82.8 cm³/mol. The lowest BCUT2D eigenvalue weighted by molar-refractivity contribution is -0.384. The second kappa shape index (κ2) is 7.44. The van der Waals surface area contributed by atoms with E-state index in [4.69, 9.17) is 22.4 Å². The first-order valence-corrected chi connectivity index (χ1v) is 6.54. The van der Waals surface area contributed by atoms with Crippen molar-refractivity contribution in [2.24, 2.45) is 5.92 Å². The Balaban J connectivity index is 2.84. The van der Waals surface area contributed by atoms with E-state index < -0.39 is 16.8 Å². The number of ether oxygens (including phenoxy) is 1. The van der Waals surface area contributed by atoms with Gasteiger partial charge in [0.1, 0.15) is 5.92 Å². The Hall–Kier alpha value is -2.35. The third kappa shape index (κ3) is 4.60. The maximum Gasteiger partial charge on any atom is 0.321 e. The Bertz CT molecular complexity index is 571. The predicted octanol–water partition coefficient (Wildman–Crippen LogP) is 2.55. The summed E-state index contributed by atoms with van der Waals surface area (Å²) in [6.07, 6.45) is 0. The molecule has 0 spiro atoms. The van der Waals surface area contributed by atoms with E-state index in [0.29, 0.717) is 5.69 Å². The third-order valence-electron chi connectivity index (χ3n) is 2.56. The van der Waals surface area contributed by atoms with Gasteiger partial charge in [-0.2, -0.15) is 0 Å². The van der Waals surface area contributed by atoms with Crippen LogP contribution in [0.5, 0.6) is 0 Å². The van der Waals surface area contributed by atoms with Crippen LogP contribution >= 0.6 is 12.2 Å². The van der Waals surface area contributed by atoms with Gasteiger partial charge in [0, 0.05) is 23.5 Å². The molecule has 0 saturated carbocycles. The standard InChI is InChI=1S/C13H15N3O4S/c1-3-20-13(17)11(8(2)14)12(21)15-9-4-6-10(7-5-9)16(18)19/h4-7,11,14H,3H2,1-2H3,(H,15,21)/t11-/m1/s1. The van der Waals surface area contributed by atoms with E-state index in [-0.39, 0.29) is 23.0 Å². The molecule has 1 aromatic carbocycles. The van der Waals surface area contributed by atoms with Gasteiger partial charge in [0.05, 0.1) is 16.5 Å². The number of nitrogens with one attached hydrogen (secondary N) is 2. The summed E-state index contributed by atoms with van der Waals surface area (Å²) in [7, 11) is 0. The third-order valence-corrected chi connectivity index (χ3v) is 2.90. The first kappa shape index (κ1) is 16.7. The molecular weight excluding hydrogens is 294 g/mol. The minimum Gasteiger partial charge on any atom is -0.465 e. The number of nitrogens with zero attached hydrogens (tertiary/aromatic N) is 1. The second-order valence-corrected chi connectivity index (χ2v) is 4.60. The molecule has 0 radical (unpaired) electrons. The van der Waals surface area contributed by atoms with Crippen molar-refractivity contribution in [2.45, 2.75) is 13.8 Å². The van der Waals surface area contributed by atoms with Crippen molar-refractivity contribution in [3.63, 3.8) is 0 Å². The lowest BCUT2D eigenvalue weighted by Crippen LogP contribution is -2.34. The highest BCUT2D eigenvalue weighted by molar-refractivity contribution is 7.80. The number of nitro groups is 1. The van der Waals surface area contributed by atoms with Gasteiger partial charge in [-0.05, 0) is 26.0 Å². The SMILES string of the molecule is CCOC(=O)[C@H](C(C)=N)C(=S)Nc1ccc([N+](=O)[O-])cc1. The van der Waals surface area contributed by atoms with Gasteiger partial charge in [0.25, 0.3) is 5.69 Å². The molecule has 0 aromatic heterocycles. The molecule has 0 aliphatic carbocycles. The zero-order chi connectivity index (χ0) is 16.0. The van der Waals surface area contributed by atoms with Gasteiger partial charge in [-0.1, -0.05) is 12.2 Å². The highest BCUT2D eigenvalue weighted by atomic mass is 32.1. The average molecular weight is 309 g/mol. The zero-order valence-corrected chi connectivity index (χ0v) is 12.4. The molecule has 0 unspecified atom stereocenters. The van der Waals surface area contributed by atoms with E-state index in [0.717, 1.165) is 0 Å². The molecule has 0 heterocycles. The fourth-order valence-corrected chi connectivity index (χ4v) is 1.98. The molecule has 1 atom stereocenters. The van der Waals surface area contributed by atoms with Gasteiger partial charge >= 0.3 is 5.97 Å². The van der Waals surface area contributed by atoms with Crippen LogP contribution in [0.2, 0.25) is 0 Å². The molecule has 0 aliphatic heterocycles. The Kier molecular flexibility index (Phi) is 5.92. The maximum absolute atomic E-state index is 11.8. The summed E-state index contributed by atoms with van der Waals surface area (Å²) in [6, 6.07) is 5.60. The van der Waals surface area contributed by atoms with Gasteiger partial charge in [0.2, 0.25) is 0 Å². The van der Waals surface area contributed by atoms with E-state index >= 15 is 0 Å². The Morgan fingerprint density at radius 1 is 1.48 bits per heavy atom. The van der Waals surface area contributed by atoms with Crippen LogP contribution in [0.15, 0.2) is 24.3 Å². The summed E-state index contributed by atoms with van der Waals surface area (Å²) in [5, 5.41) is 21.0. The van der Waals surface area contributed by atoms with Gasteiger partial charge in [-0.25, -0.2) is 0 Å². The molecule has 8 heteroatoms. The number of rotatable bonds is 6. The minimum absolute atomic E-state index is 0.0448. The van der Waals surface area contributed by atoms with Gasteiger partial charge in [-0.15, -0.1) is 0 Å².